The first kappa shape index (κ1) is 13.0. The van der Waals surface area contributed by atoms with E-state index in [0.717, 1.165) is 16.9 Å². The molecule has 1 N–H and O–H groups in total. The number of nitrogens with zero attached hydrogens (tertiary/aromatic N) is 3. The highest BCUT2D eigenvalue weighted by molar-refractivity contribution is 7.16. The first-order valence-electron chi connectivity index (χ1n) is 5.95. The normalized spacial score (nSPS) is 10.0. The van der Waals surface area contributed by atoms with Crippen LogP contribution in [-0.2, 0) is 0 Å². The summed E-state index contributed by atoms with van der Waals surface area (Å²) in [6.07, 6.45) is 1.40. The third-order valence-corrected chi connectivity index (χ3v) is 3.45. The van der Waals surface area contributed by atoms with Crippen LogP contribution in [0.4, 0.5) is 5.13 Å². The van der Waals surface area contributed by atoms with Gasteiger partial charge < -0.3 is 4.52 Å². The van der Waals surface area contributed by atoms with Crippen molar-refractivity contribution in [2.45, 2.75) is 0 Å². The molecular formula is C14H8N4O2S. The lowest BCUT2D eigenvalue weighted by atomic mass is 10.1. The summed E-state index contributed by atoms with van der Waals surface area (Å²) in [4.78, 5) is 16.4. The molecule has 21 heavy (non-hydrogen) atoms. The van der Waals surface area contributed by atoms with Crippen molar-refractivity contribution < 1.29 is 9.32 Å². The predicted octanol–water partition coefficient (Wildman–Crippen LogP) is 2.92. The van der Waals surface area contributed by atoms with Crippen molar-refractivity contribution in [2.75, 3.05) is 5.32 Å². The average Bonchev–Trinajstić information content (AvgIpc) is 3.17. The van der Waals surface area contributed by atoms with Crippen molar-refractivity contribution in [3.63, 3.8) is 0 Å². The molecule has 6 nitrogen and oxygen atoms in total. The summed E-state index contributed by atoms with van der Waals surface area (Å²) in [6.45, 7) is 0. The van der Waals surface area contributed by atoms with Crippen LogP contribution >= 0.6 is 11.3 Å². The van der Waals surface area contributed by atoms with Crippen molar-refractivity contribution >= 4 is 22.4 Å². The van der Waals surface area contributed by atoms with E-state index in [1.165, 1.54) is 6.20 Å². The predicted molar refractivity (Wildman–Crippen MR) is 76.7 cm³/mol. The van der Waals surface area contributed by atoms with Crippen LogP contribution in [0.1, 0.15) is 15.4 Å². The number of amides is 1. The number of carbonyl (C=O) groups is 1. The Hall–Kier alpha value is -2.98. The number of carbonyl (C=O) groups excluding carboxylic acids is 1. The largest absolute Gasteiger partial charge is 0.355 e. The number of nitrogens with one attached hydrogen (secondary N) is 1. The second-order valence-electron chi connectivity index (χ2n) is 4.04. The zero-order valence-electron chi connectivity index (χ0n) is 10.6. The molecule has 0 radical (unpaired) electrons. The molecule has 0 bridgehead atoms. The molecule has 2 aromatic heterocycles. The molecular weight excluding hydrogens is 288 g/mol. The molecule has 7 heteroatoms. The van der Waals surface area contributed by atoms with Gasteiger partial charge in [0.1, 0.15) is 10.9 Å². The first-order chi connectivity index (χ1) is 10.3. The highest BCUT2D eigenvalue weighted by Gasteiger charge is 2.15. The molecule has 0 aliphatic heterocycles. The molecule has 0 saturated heterocycles. The fraction of sp³-hybridized carbons (Fsp3) is 0. The number of aromatic nitrogens is 2. The molecule has 0 spiro atoms. The highest BCUT2D eigenvalue weighted by atomic mass is 32.1. The molecule has 0 unspecified atom stereocenters. The maximum atomic E-state index is 12.0. The molecule has 102 valence electrons. The zero-order valence-corrected chi connectivity index (χ0v) is 11.4. The van der Waals surface area contributed by atoms with Gasteiger partial charge in [0.15, 0.2) is 16.6 Å². The van der Waals surface area contributed by atoms with Crippen LogP contribution in [0.25, 0.3) is 11.3 Å². The SMILES string of the molecule is N#Cc1cnc(NC(=O)c2cc(-c3ccccc3)on2)s1. The molecule has 0 atom stereocenters. The van der Waals surface area contributed by atoms with Gasteiger partial charge in [-0.15, -0.1) is 0 Å². The quantitative estimate of drug-likeness (QED) is 0.802. The number of rotatable bonds is 3. The molecule has 3 aromatic rings. The molecule has 0 fully saturated rings. The van der Waals surface area contributed by atoms with Crippen molar-refractivity contribution in [1.29, 1.82) is 5.26 Å². The van der Waals surface area contributed by atoms with Gasteiger partial charge in [-0.1, -0.05) is 46.8 Å². The molecule has 0 aliphatic carbocycles. The molecule has 1 aromatic carbocycles. The molecule has 2 heterocycles. The van der Waals surface area contributed by atoms with E-state index in [0.29, 0.717) is 15.8 Å². The van der Waals surface area contributed by atoms with Gasteiger partial charge in [-0.3, -0.25) is 10.1 Å². The summed E-state index contributed by atoms with van der Waals surface area (Å²) in [5.41, 5.74) is 0.993. The third-order valence-electron chi connectivity index (χ3n) is 2.64. The van der Waals surface area contributed by atoms with Gasteiger partial charge in [-0.2, -0.15) is 5.26 Å². The number of benzene rings is 1. The first-order valence-corrected chi connectivity index (χ1v) is 6.77. The van der Waals surface area contributed by atoms with Gasteiger partial charge in [0.05, 0.1) is 6.20 Å². The Bertz CT molecular complexity index is 817. The number of anilines is 1. The van der Waals surface area contributed by atoms with Crippen molar-refractivity contribution in [1.82, 2.24) is 10.1 Å². The van der Waals surface area contributed by atoms with Gasteiger partial charge >= 0.3 is 0 Å². The number of nitriles is 1. The number of hydrogen-bond donors (Lipinski definition) is 1. The summed E-state index contributed by atoms with van der Waals surface area (Å²) < 4.78 is 5.16. The second kappa shape index (κ2) is 5.56. The Balaban J connectivity index is 1.77. The summed E-state index contributed by atoms with van der Waals surface area (Å²) >= 11 is 1.10. The molecule has 0 aliphatic rings. The van der Waals surface area contributed by atoms with Crippen LogP contribution in [0.5, 0.6) is 0 Å². The lowest BCUT2D eigenvalue weighted by molar-refractivity contribution is 0.101. The topological polar surface area (TPSA) is 91.8 Å². The third kappa shape index (κ3) is 2.80. The smallest absolute Gasteiger partial charge is 0.279 e. The standard InChI is InChI=1S/C14H8N4O2S/c15-7-10-8-16-14(21-10)17-13(19)11-6-12(20-18-11)9-4-2-1-3-5-9/h1-6,8H,(H,16,17,19). The van der Waals surface area contributed by atoms with Gasteiger partial charge in [-0.25, -0.2) is 4.98 Å². The molecule has 1 amide bonds. The Morgan fingerprint density at radius 2 is 2.14 bits per heavy atom. The minimum atomic E-state index is -0.431. The Kier molecular flexibility index (Phi) is 3.45. The van der Waals surface area contributed by atoms with Crippen LogP contribution in [-0.4, -0.2) is 16.0 Å². The van der Waals surface area contributed by atoms with Crippen molar-refractivity contribution in [2.24, 2.45) is 0 Å². The summed E-state index contributed by atoms with van der Waals surface area (Å²) in [5.74, 6) is 0.0809. The van der Waals surface area contributed by atoms with Crippen molar-refractivity contribution in [3.8, 4) is 17.4 Å². The van der Waals surface area contributed by atoms with E-state index in [2.05, 4.69) is 15.5 Å². The van der Waals surface area contributed by atoms with Gasteiger partial charge in [0.2, 0.25) is 0 Å². The van der Waals surface area contributed by atoms with Crippen LogP contribution in [0, 0.1) is 11.3 Å². The Morgan fingerprint density at radius 3 is 2.86 bits per heavy atom. The molecule has 0 saturated carbocycles. The zero-order chi connectivity index (χ0) is 14.7. The van der Waals surface area contributed by atoms with Crippen LogP contribution in [0.2, 0.25) is 0 Å². The lowest BCUT2D eigenvalue weighted by Crippen LogP contribution is -2.11. The average molecular weight is 296 g/mol. The van der Waals surface area contributed by atoms with E-state index in [1.807, 2.05) is 36.4 Å². The van der Waals surface area contributed by atoms with E-state index in [1.54, 1.807) is 6.07 Å². The van der Waals surface area contributed by atoms with Crippen molar-refractivity contribution in [3.05, 3.63) is 53.2 Å². The van der Waals surface area contributed by atoms with E-state index < -0.39 is 5.91 Å². The second-order valence-corrected chi connectivity index (χ2v) is 5.07. The highest BCUT2D eigenvalue weighted by Crippen LogP contribution is 2.21. The maximum Gasteiger partial charge on any atom is 0.279 e. The summed E-state index contributed by atoms with van der Waals surface area (Å²) in [7, 11) is 0. The van der Waals surface area contributed by atoms with Gasteiger partial charge in [0, 0.05) is 11.6 Å². The van der Waals surface area contributed by atoms with E-state index in [-0.39, 0.29) is 5.69 Å². The van der Waals surface area contributed by atoms with E-state index >= 15 is 0 Å². The fourth-order valence-corrected chi connectivity index (χ4v) is 2.27. The van der Waals surface area contributed by atoms with Gasteiger partial charge in [0.25, 0.3) is 5.91 Å². The van der Waals surface area contributed by atoms with Crippen LogP contribution < -0.4 is 5.32 Å². The Morgan fingerprint density at radius 1 is 1.33 bits per heavy atom. The summed E-state index contributed by atoms with van der Waals surface area (Å²) in [5, 5.41) is 15.4. The Labute approximate surface area is 123 Å². The van der Waals surface area contributed by atoms with Gasteiger partial charge in [-0.05, 0) is 0 Å². The van der Waals surface area contributed by atoms with E-state index in [4.69, 9.17) is 9.78 Å². The number of thiazole rings is 1. The summed E-state index contributed by atoms with van der Waals surface area (Å²) in [6, 6.07) is 12.9. The van der Waals surface area contributed by atoms with Crippen LogP contribution in [0.15, 0.2) is 47.1 Å². The molecule has 3 rings (SSSR count). The fourth-order valence-electron chi connectivity index (χ4n) is 1.67. The maximum absolute atomic E-state index is 12.0. The minimum absolute atomic E-state index is 0.155. The lowest BCUT2D eigenvalue weighted by Gasteiger charge is -1.95. The van der Waals surface area contributed by atoms with Crippen LogP contribution in [0.3, 0.4) is 0 Å². The monoisotopic (exact) mass is 296 g/mol. The minimum Gasteiger partial charge on any atom is -0.355 e. The van der Waals surface area contributed by atoms with E-state index in [9.17, 15) is 4.79 Å². The number of hydrogen-bond acceptors (Lipinski definition) is 6.